The van der Waals surface area contributed by atoms with Gasteiger partial charge in [-0.15, -0.1) is 10.2 Å². The minimum Gasteiger partial charge on any atom is -0.341 e. The quantitative estimate of drug-likeness (QED) is 0.799. The van der Waals surface area contributed by atoms with E-state index in [0.717, 1.165) is 42.2 Å². The predicted molar refractivity (Wildman–Crippen MR) is 93.8 cm³/mol. The summed E-state index contributed by atoms with van der Waals surface area (Å²) in [6, 6.07) is 6.09. The van der Waals surface area contributed by atoms with E-state index < -0.39 is 0 Å². The predicted octanol–water partition coefficient (Wildman–Crippen LogP) is 3.64. The summed E-state index contributed by atoms with van der Waals surface area (Å²) < 4.78 is 2.19. The average molecular weight is 332 g/mol. The molecule has 4 rings (SSSR count). The monoisotopic (exact) mass is 331 g/mol. The molecule has 2 aliphatic rings. The molecule has 2 aromatic rings. The van der Waals surface area contributed by atoms with Crippen molar-refractivity contribution in [1.29, 1.82) is 0 Å². The van der Waals surface area contributed by atoms with Gasteiger partial charge in [0.1, 0.15) is 0 Å². The first-order valence-electron chi connectivity index (χ1n) is 8.44. The lowest BCUT2D eigenvalue weighted by Crippen LogP contribution is -2.32. The zero-order chi connectivity index (χ0) is 15.8. The molecule has 0 bridgehead atoms. The fourth-order valence-electron chi connectivity index (χ4n) is 3.61. The van der Waals surface area contributed by atoms with Crippen LogP contribution < -0.4 is 9.80 Å². The van der Waals surface area contributed by atoms with Crippen LogP contribution in [0, 0.1) is 0 Å². The number of fused-ring (bicyclic) bond motifs is 3. The molecule has 5 nitrogen and oxygen atoms in total. The molecule has 6 heteroatoms. The SMILES string of the molecule is CN1Cc2cc(Cl)ccc2-n2c1nnc2N1CCCCCCC1. The molecule has 1 aromatic carbocycles. The summed E-state index contributed by atoms with van der Waals surface area (Å²) in [5.41, 5.74) is 2.38. The first-order valence-corrected chi connectivity index (χ1v) is 8.82. The van der Waals surface area contributed by atoms with Crippen molar-refractivity contribution in [1.82, 2.24) is 14.8 Å². The van der Waals surface area contributed by atoms with Crippen molar-refractivity contribution in [2.75, 3.05) is 29.9 Å². The Balaban J connectivity index is 1.78. The normalized spacial score (nSPS) is 18.2. The fourth-order valence-corrected chi connectivity index (χ4v) is 3.80. The van der Waals surface area contributed by atoms with Crippen LogP contribution in [0.25, 0.3) is 5.69 Å². The molecular formula is C17H22ClN5. The Morgan fingerprint density at radius 1 is 0.957 bits per heavy atom. The molecule has 1 fully saturated rings. The van der Waals surface area contributed by atoms with Gasteiger partial charge in [-0.05, 0) is 36.6 Å². The highest BCUT2D eigenvalue weighted by atomic mass is 35.5. The van der Waals surface area contributed by atoms with E-state index in [1.807, 2.05) is 12.1 Å². The van der Waals surface area contributed by atoms with Crippen LogP contribution in [0.4, 0.5) is 11.9 Å². The van der Waals surface area contributed by atoms with Gasteiger partial charge in [0.15, 0.2) is 0 Å². The molecule has 0 aliphatic carbocycles. The van der Waals surface area contributed by atoms with Gasteiger partial charge in [0.25, 0.3) is 0 Å². The van der Waals surface area contributed by atoms with Gasteiger partial charge in [0, 0.05) is 31.7 Å². The van der Waals surface area contributed by atoms with Crippen LogP contribution in [0.3, 0.4) is 0 Å². The maximum atomic E-state index is 6.18. The van der Waals surface area contributed by atoms with Gasteiger partial charge in [-0.2, -0.15) is 0 Å². The molecule has 1 saturated heterocycles. The van der Waals surface area contributed by atoms with Gasteiger partial charge < -0.3 is 9.80 Å². The summed E-state index contributed by atoms with van der Waals surface area (Å²) in [6.07, 6.45) is 6.43. The third kappa shape index (κ3) is 2.67. The molecular weight excluding hydrogens is 310 g/mol. The minimum atomic E-state index is 0.779. The summed E-state index contributed by atoms with van der Waals surface area (Å²) in [5.74, 6) is 1.88. The van der Waals surface area contributed by atoms with Crippen molar-refractivity contribution in [2.24, 2.45) is 0 Å². The van der Waals surface area contributed by atoms with Gasteiger partial charge in [-0.1, -0.05) is 30.9 Å². The van der Waals surface area contributed by atoms with E-state index in [1.54, 1.807) is 0 Å². The van der Waals surface area contributed by atoms with E-state index in [1.165, 1.54) is 37.7 Å². The maximum Gasteiger partial charge on any atom is 0.233 e. The van der Waals surface area contributed by atoms with E-state index in [9.17, 15) is 0 Å². The maximum absolute atomic E-state index is 6.18. The molecule has 0 N–H and O–H groups in total. The van der Waals surface area contributed by atoms with Gasteiger partial charge in [-0.3, -0.25) is 0 Å². The Kier molecular flexibility index (Phi) is 3.89. The van der Waals surface area contributed by atoms with E-state index in [2.05, 4.69) is 37.7 Å². The largest absolute Gasteiger partial charge is 0.341 e. The van der Waals surface area contributed by atoms with Crippen molar-refractivity contribution >= 4 is 23.5 Å². The summed E-state index contributed by atoms with van der Waals surface area (Å²) in [6.45, 7) is 2.93. The Labute approximate surface area is 141 Å². The molecule has 0 amide bonds. The second kappa shape index (κ2) is 6.04. The minimum absolute atomic E-state index is 0.779. The summed E-state index contributed by atoms with van der Waals surface area (Å²) in [7, 11) is 2.06. The third-order valence-electron chi connectivity index (χ3n) is 4.80. The Morgan fingerprint density at radius 3 is 2.43 bits per heavy atom. The standard InChI is InChI=1S/C17H22ClN5/c1-21-12-13-11-14(18)7-8-15(13)23-16(21)19-20-17(23)22-9-5-3-2-4-6-10-22/h7-8,11H,2-6,9-10,12H2,1H3. The Morgan fingerprint density at radius 2 is 1.65 bits per heavy atom. The number of rotatable bonds is 1. The topological polar surface area (TPSA) is 37.2 Å². The highest BCUT2D eigenvalue weighted by Gasteiger charge is 2.27. The third-order valence-corrected chi connectivity index (χ3v) is 5.03. The van der Waals surface area contributed by atoms with Crippen LogP contribution in [-0.2, 0) is 6.54 Å². The molecule has 0 spiro atoms. The Bertz CT molecular complexity index is 703. The summed E-state index contributed by atoms with van der Waals surface area (Å²) in [4.78, 5) is 4.53. The smallest absolute Gasteiger partial charge is 0.233 e. The van der Waals surface area contributed by atoms with Crippen LogP contribution >= 0.6 is 11.6 Å². The van der Waals surface area contributed by atoms with E-state index in [0.29, 0.717) is 0 Å². The summed E-state index contributed by atoms with van der Waals surface area (Å²) >= 11 is 6.18. The highest BCUT2D eigenvalue weighted by molar-refractivity contribution is 6.30. The molecule has 0 radical (unpaired) electrons. The Hall–Kier alpha value is -1.75. The number of nitrogens with zero attached hydrogens (tertiary/aromatic N) is 5. The van der Waals surface area contributed by atoms with Crippen molar-refractivity contribution in [3.63, 3.8) is 0 Å². The molecule has 0 atom stereocenters. The lowest BCUT2D eigenvalue weighted by Gasteiger charge is -2.31. The molecule has 23 heavy (non-hydrogen) atoms. The molecule has 3 heterocycles. The van der Waals surface area contributed by atoms with E-state index >= 15 is 0 Å². The van der Waals surface area contributed by atoms with Crippen LogP contribution in [-0.4, -0.2) is 34.9 Å². The lowest BCUT2D eigenvalue weighted by molar-refractivity contribution is 0.548. The van der Waals surface area contributed by atoms with Gasteiger partial charge in [0.2, 0.25) is 11.9 Å². The lowest BCUT2D eigenvalue weighted by atomic mass is 10.1. The van der Waals surface area contributed by atoms with E-state index in [-0.39, 0.29) is 0 Å². The van der Waals surface area contributed by atoms with Gasteiger partial charge in [0.05, 0.1) is 5.69 Å². The van der Waals surface area contributed by atoms with Crippen LogP contribution in [0.5, 0.6) is 0 Å². The molecule has 0 saturated carbocycles. The van der Waals surface area contributed by atoms with Gasteiger partial charge >= 0.3 is 0 Å². The fraction of sp³-hybridized carbons (Fsp3) is 0.529. The summed E-state index contributed by atoms with van der Waals surface area (Å²) in [5, 5.41) is 9.76. The zero-order valence-corrected chi connectivity index (χ0v) is 14.3. The van der Waals surface area contributed by atoms with Crippen molar-refractivity contribution in [3.05, 3.63) is 28.8 Å². The number of aromatic nitrogens is 3. The van der Waals surface area contributed by atoms with Gasteiger partial charge in [-0.25, -0.2) is 4.57 Å². The number of hydrogen-bond donors (Lipinski definition) is 0. The molecule has 2 aliphatic heterocycles. The van der Waals surface area contributed by atoms with Crippen LogP contribution in [0.15, 0.2) is 18.2 Å². The number of anilines is 2. The molecule has 122 valence electrons. The van der Waals surface area contributed by atoms with Crippen molar-refractivity contribution in [3.8, 4) is 5.69 Å². The van der Waals surface area contributed by atoms with Crippen LogP contribution in [0.1, 0.15) is 37.7 Å². The second-order valence-electron chi connectivity index (χ2n) is 6.52. The van der Waals surface area contributed by atoms with Crippen molar-refractivity contribution in [2.45, 2.75) is 38.6 Å². The highest BCUT2D eigenvalue weighted by Crippen LogP contribution is 2.34. The zero-order valence-electron chi connectivity index (χ0n) is 13.5. The van der Waals surface area contributed by atoms with Crippen molar-refractivity contribution < 1.29 is 0 Å². The average Bonchev–Trinajstić information content (AvgIpc) is 2.92. The molecule has 0 unspecified atom stereocenters. The van der Waals surface area contributed by atoms with E-state index in [4.69, 9.17) is 11.6 Å². The molecule has 1 aromatic heterocycles. The first kappa shape index (κ1) is 14.8. The number of halogens is 1. The number of hydrogen-bond acceptors (Lipinski definition) is 4. The number of benzene rings is 1. The first-order chi connectivity index (χ1) is 11.2. The van der Waals surface area contributed by atoms with Crippen LogP contribution in [0.2, 0.25) is 5.02 Å². The second-order valence-corrected chi connectivity index (χ2v) is 6.96.